The first-order valence-electron chi connectivity index (χ1n) is 6.16. The Morgan fingerprint density at radius 3 is 2.85 bits per heavy atom. The molecule has 0 radical (unpaired) electrons. The van der Waals surface area contributed by atoms with Crippen LogP contribution in [-0.4, -0.2) is 35.2 Å². The second-order valence-corrected chi connectivity index (χ2v) is 4.10. The molecule has 0 unspecified atom stereocenters. The molecule has 0 aliphatic heterocycles. The fraction of sp³-hybridized carbons (Fsp3) is 0.308. The molecule has 0 aliphatic rings. The van der Waals surface area contributed by atoms with Gasteiger partial charge in [0.05, 0.1) is 13.7 Å². The van der Waals surface area contributed by atoms with Crippen molar-refractivity contribution in [1.29, 1.82) is 0 Å². The number of nitrogens with zero attached hydrogens (tertiary/aromatic N) is 3. The van der Waals surface area contributed by atoms with Gasteiger partial charge in [0.25, 0.3) is 0 Å². The summed E-state index contributed by atoms with van der Waals surface area (Å²) in [6.45, 7) is 3.04. The number of nitrogens with one attached hydrogen (secondary N) is 1. The topological polar surface area (TPSA) is 95.2 Å². The monoisotopic (exact) mass is 275 g/mol. The molecule has 2 aromatic rings. The van der Waals surface area contributed by atoms with Crippen molar-refractivity contribution in [1.82, 2.24) is 15.0 Å². The second kappa shape index (κ2) is 6.55. The van der Waals surface area contributed by atoms with Crippen LogP contribution >= 0.6 is 0 Å². The lowest BCUT2D eigenvalue weighted by Gasteiger charge is -2.08. The van der Waals surface area contributed by atoms with Gasteiger partial charge in [-0.15, -0.1) is 0 Å². The van der Waals surface area contributed by atoms with Gasteiger partial charge in [-0.1, -0.05) is 12.1 Å². The number of aryl methyl sites for hydroxylation is 1. The molecule has 0 amide bonds. The Hall–Kier alpha value is -2.57. The van der Waals surface area contributed by atoms with Crippen LogP contribution in [0.2, 0.25) is 0 Å². The van der Waals surface area contributed by atoms with E-state index in [4.69, 9.17) is 15.2 Å². The van der Waals surface area contributed by atoms with E-state index in [1.807, 2.05) is 31.2 Å². The average molecular weight is 275 g/mol. The maximum absolute atomic E-state index is 5.60. The summed E-state index contributed by atoms with van der Waals surface area (Å²) in [7, 11) is 1.47. The summed E-state index contributed by atoms with van der Waals surface area (Å²) >= 11 is 0. The van der Waals surface area contributed by atoms with Crippen molar-refractivity contribution in [2.24, 2.45) is 0 Å². The van der Waals surface area contributed by atoms with Crippen molar-refractivity contribution in [3.05, 3.63) is 29.8 Å². The predicted molar refractivity (Wildman–Crippen MR) is 76.0 cm³/mol. The highest BCUT2D eigenvalue weighted by atomic mass is 16.5. The molecule has 1 aromatic carbocycles. The van der Waals surface area contributed by atoms with Crippen molar-refractivity contribution in [3.63, 3.8) is 0 Å². The van der Waals surface area contributed by atoms with Crippen LogP contribution in [0.3, 0.4) is 0 Å². The second-order valence-electron chi connectivity index (χ2n) is 4.10. The van der Waals surface area contributed by atoms with Crippen molar-refractivity contribution in [2.75, 3.05) is 31.3 Å². The van der Waals surface area contributed by atoms with Gasteiger partial charge in [-0.25, -0.2) is 0 Å². The number of nitrogen functional groups attached to an aromatic ring is 1. The number of hydrogen-bond donors (Lipinski definition) is 2. The Morgan fingerprint density at radius 1 is 1.25 bits per heavy atom. The molecule has 0 bridgehead atoms. The molecule has 0 aliphatic carbocycles. The lowest BCUT2D eigenvalue weighted by atomic mass is 10.2. The molecule has 20 heavy (non-hydrogen) atoms. The normalized spacial score (nSPS) is 10.1. The van der Waals surface area contributed by atoms with E-state index in [1.54, 1.807) is 0 Å². The third-order valence-corrected chi connectivity index (χ3v) is 2.46. The molecule has 7 nitrogen and oxygen atoms in total. The van der Waals surface area contributed by atoms with Gasteiger partial charge in [-0.3, -0.25) is 0 Å². The van der Waals surface area contributed by atoms with Gasteiger partial charge in [-0.05, 0) is 24.6 Å². The Kier molecular flexibility index (Phi) is 4.54. The first-order valence-corrected chi connectivity index (χ1v) is 6.16. The largest absolute Gasteiger partial charge is 0.492 e. The van der Waals surface area contributed by atoms with Gasteiger partial charge in [0, 0.05) is 0 Å². The Bertz CT molecular complexity index is 576. The Morgan fingerprint density at radius 2 is 2.10 bits per heavy atom. The zero-order valence-electron chi connectivity index (χ0n) is 11.5. The summed E-state index contributed by atoms with van der Waals surface area (Å²) in [6.07, 6.45) is 0. The van der Waals surface area contributed by atoms with Crippen LogP contribution in [0.4, 0.5) is 11.9 Å². The molecule has 0 spiro atoms. The van der Waals surface area contributed by atoms with Crippen molar-refractivity contribution in [2.45, 2.75) is 6.92 Å². The molecular weight excluding hydrogens is 258 g/mol. The van der Waals surface area contributed by atoms with E-state index in [9.17, 15) is 0 Å². The fourth-order valence-electron chi connectivity index (χ4n) is 1.58. The van der Waals surface area contributed by atoms with Gasteiger partial charge in [-0.2, -0.15) is 15.0 Å². The molecule has 7 heteroatoms. The number of aromatic nitrogens is 3. The standard InChI is InChI=1S/C13H17N5O2/c1-9-4-3-5-10(8-9)20-7-6-15-12-16-11(14)17-13(18-12)19-2/h3-5,8H,6-7H2,1-2H3,(H3,14,15,16,17,18). The molecule has 0 saturated carbocycles. The summed E-state index contributed by atoms with van der Waals surface area (Å²) in [5.41, 5.74) is 6.69. The van der Waals surface area contributed by atoms with E-state index in [2.05, 4.69) is 20.3 Å². The number of benzene rings is 1. The van der Waals surface area contributed by atoms with Crippen LogP contribution in [-0.2, 0) is 0 Å². The lowest BCUT2D eigenvalue weighted by molar-refractivity contribution is 0.332. The molecule has 106 valence electrons. The van der Waals surface area contributed by atoms with Gasteiger partial charge in [0.15, 0.2) is 0 Å². The minimum Gasteiger partial charge on any atom is -0.492 e. The third kappa shape index (κ3) is 3.98. The molecule has 0 atom stereocenters. The first kappa shape index (κ1) is 13.9. The van der Waals surface area contributed by atoms with E-state index < -0.39 is 0 Å². The Labute approximate surface area is 117 Å². The minimum absolute atomic E-state index is 0.110. The quantitative estimate of drug-likeness (QED) is 0.766. The molecule has 2 rings (SSSR count). The van der Waals surface area contributed by atoms with Crippen LogP contribution in [0.5, 0.6) is 11.8 Å². The maximum atomic E-state index is 5.60. The van der Waals surface area contributed by atoms with E-state index in [0.29, 0.717) is 19.1 Å². The lowest BCUT2D eigenvalue weighted by Crippen LogP contribution is -2.14. The molecule has 0 fully saturated rings. The first-order chi connectivity index (χ1) is 9.67. The highest BCUT2D eigenvalue weighted by Crippen LogP contribution is 2.12. The van der Waals surface area contributed by atoms with Crippen molar-refractivity contribution >= 4 is 11.9 Å². The average Bonchev–Trinajstić information content (AvgIpc) is 2.43. The summed E-state index contributed by atoms with van der Waals surface area (Å²) in [5.74, 6) is 1.31. The van der Waals surface area contributed by atoms with Crippen LogP contribution in [0, 0.1) is 6.92 Å². The number of hydrogen-bond acceptors (Lipinski definition) is 7. The van der Waals surface area contributed by atoms with Crippen LogP contribution in [0.25, 0.3) is 0 Å². The third-order valence-electron chi connectivity index (χ3n) is 2.46. The summed E-state index contributed by atoms with van der Waals surface area (Å²) < 4.78 is 10.5. The SMILES string of the molecule is COc1nc(N)nc(NCCOc2cccc(C)c2)n1. The maximum Gasteiger partial charge on any atom is 0.322 e. The number of rotatable bonds is 6. The molecular formula is C13H17N5O2. The highest BCUT2D eigenvalue weighted by molar-refractivity contribution is 5.32. The number of methoxy groups -OCH3 is 1. The number of ether oxygens (including phenoxy) is 2. The predicted octanol–water partition coefficient (Wildman–Crippen LogP) is 1.26. The molecule has 0 saturated heterocycles. The van der Waals surface area contributed by atoms with Crippen LogP contribution < -0.4 is 20.5 Å². The molecule has 3 N–H and O–H groups in total. The van der Waals surface area contributed by atoms with Gasteiger partial charge in [0.1, 0.15) is 12.4 Å². The van der Waals surface area contributed by atoms with Gasteiger partial charge >= 0.3 is 6.01 Å². The smallest absolute Gasteiger partial charge is 0.322 e. The molecule has 1 heterocycles. The van der Waals surface area contributed by atoms with Crippen LogP contribution in [0.1, 0.15) is 5.56 Å². The Balaban J connectivity index is 1.82. The summed E-state index contributed by atoms with van der Waals surface area (Å²) in [4.78, 5) is 11.8. The van der Waals surface area contributed by atoms with Crippen LogP contribution in [0.15, 0.2) is 24.3 Å². The summed E-state index contributed by atoms with van der Waals surface area (Å²) in [6, 6.07) is 8.04. The van der Waals surface area contributed by atoms with E-state index >= 15 is 0 Å². The highest BCUT2D eigenvalue weighted by Gasteiger charge is 2.03. The van der Waals surface area contributed by atoms with E-state index in [1.165, 1.54) is 7.11 Å². The van der Waals surface area contributed by atoms with Gasteiger partial charge < -0.3 is 20.5 Å². The minimum atomic E-state index is 0.110. The fourth-order valence-corrected chi connectivity index (χ4v) is 1.58. The zero-order chi connectivity index (χ0) is 14.4. The van der Waals surface area contributed by atoms with E-state index in [-0.39, 0.29) is 12.0 Å². The number of anilines is 2. The van der Waals surface area contributed by atoms with E-state index in [0.717, 1.165) is 11.3 Å². The van der Waals surface area contributed by atoms with Gasteiger partial charge in [0.2, 0.25) is 11.9 Å². The van der Waals surface area contributed by atoms with Crippen molar-refractivity contribution < 1.29 is 9.47 Å². The summed E-state index contributed by atoms with van der Waals surface area (Å²) in [5, 5.41) is 3.00. The van der Waals surface area contributed by atoms with Crippen molar-refractivity contribution in [3.8, 4) is 11.8 Å². The molecule has 1 aromatic heterocycles. The number of nitrogens with two attached hydrogens (primary N) is 1. The zero-order valence-corrected chi connectivity index (χ0v) is 11.5.